The minimum absolute atomic E-state index is 0.0344. The first kappa shape index (κ1) is 23.1. The number of methoxy groups -OCH3 is 1. The molecule has 10 heteroatoms. The third-order valence-corrected chi connectivity index (χ3v) is 5.76. The standard InChI is InChI=1S/C21H32N6O3S/c1-4-19-24-21(31-25-19)27-10-8-26(9-11-27)20(22-5-2)23-15-16-6-7-17(30-13-12-28)18(14-16)29-3/h6-7,14,28H,4-5,8-13,15H2,1-3H3,(H,22,23). The molecule has 2 heterocycles. The summed E-state index contributed by atoms with van der Waals surface area (Å²) in [4.78, 5) is 14.0. The number of aliphatic hydroxyl groups excluding tert-OH is 1. The molecule has 0 saturated carbocycles. The molecule has 3 rings (SSSR count). The van der Waals surface area contributed by atoms with Crippen molar-refractivity contribution in [2.24, 2.45) is 4.99 Å². The maximum Gasteiger partial charge on any atom is 0.205 e. The Kier molecular flexibility index (Phi) is 8.72. The fourth-order valence-corrected chi connectivity index (χ4v) is 4.10. The van der Waals surface area contributed by atoms with Gasteiger partial charge in [0.2, 0.25) is 5.13 Å². The molecule has 9 nitrogen and oxygen atoms in total. The second-order valence-corrected chi connectivity index (χ2v) is 7.78. The van der Waals surface area contributed by atoms with Crippen molar-refractivity contribution >= 4 is 22.6 Å². The number of guanidine groups is 1. The quantitative estimate of drug-likeness (QED) is 0.443. The molecular formula is C21H32N6O3S. The summed E-state index contributed by atoms with van der Waals surface area (Å²) in [5, 5.41) is 13.4. The van der Waals surface area contributed by atoms with Gasteiger partial charge in [0, 0.05) is 50.7 Å². The van der Waals surface area contributed by atoms with Crippen LogP contribution in [-0.4, -0.2) is 78.4 Å². The van der Waals surface area contributed by atoms with Crippen LogP contribution >= 0.6 is 11.5 Å². The van der Waals surface area contributed by atoms with Crippen molar-refractivity contribution in [2.75, 3.05) is 57.9 Å². The number of aliphatic hydroxyl groups is 1. The Bertz CT molecular complexity index is 851. The van der Waals surface area contributed by atoms with Gasteiger partial charge in [-0.1, -0.05) is 13.0 Å². The summed E-state index contributed by atoms with van der Waals surface area (Å²) in [6.45, 7) is 9.26. The van der Waals surface area contributed by atoms with Gasteiger partial charge in [-0.05, 0) is 24.6 Å². The van der Waals surface area contributed by atoms with E-state index in [1.54, 1.807) is 7.11 Å². The predicted octanol–water partition coefficient (Wildman–Crippen LogP) is 1.77. The number of hydrogen-bond donors (Lipinski definition) is 2. The van der Waals surface area contributed by atoms with Crippen molar-refractivity contribution in [2.45, 2.75) is 26.8 Å². The van der Waals surface area contributed by atoms with Crippen LogP contribution in [0.1, 0.15) is 25.2 Å². The lowest BCUT2D eigenvalue weighted by Crippen LogP contribution is -2.52. The van der Waals surface area contributed by atoms with Gasteiger partial charge in [0.1, 0.15) is 12.4 Å². The monoisotopic (exact) mass is 448 g/mol. The molecule has 0 amide bonds. The average Bonchev–Trinajstić information content (AvgIpc) is 3.30. The van der Waals surface area contributed by atoms with Crippen molar-refractivity contribution in [3.8, 4) is 11.5 Å². The van der Waals surface area contributed by atoms with Gasteiger partial charge in [0.25, 0.3) is 0 Å². The lowest BCUT2D eigenvalue weighted by atomic mass is 10.2. The molecule has 0 atom stereocenters. The first-order valence-electron chi connectivity index (χ1n) is 10.7. The van der Waals surface area contributed by atoms with Crippen molar-refractivity contribution < 1.29 is 14.6 Å². The molecule has 170 valence electrons. The number of ether oxygens (including phenoxy) is 2. The van der Waals surface area contributed by atoms with Crippen LogP contribution in [0.3, 0.4) is 0 Å². The van der Waals surface area contributed by atoms with E-state index in [0.717, 1.165) is 61.6 Å². The van der Waals surface area contributed by atoms with Crippen LogP contribution < -0.4 is 19.7 Å². The zero-order valence-corrected chi connectivity index (χ0v) is 19.3. The maximum absolute atomic E-state index is 8.95. The van der Waals surface area contributed by atoms with Crippen LogP contribution in [0.2, 0.25) is 0 Å². The number of nitrogens with one attached hydrogen (secondary N) is 1. The van der Waals surface area contributed by atoms with Gasteiger partial charge in [0.15, 0.2) is 17.5 Å². The molecule has 1 saturated heterocycles. The molecule has 0 radical (unpaired) electrons. The Morgan fingerprint density at radius 2 is 2.03 bits per heavy atom. The average molecular weight is 449 g/mol. The largest absolute Gasteiger partial charge is 0.493 e. The van der Waals surface area contributed by atoms with Crippen LogP contribution in [-0.2, 0) is 13.0 Å². The molecule has 0 spiro atoms. The normalized spacial score (nSPS) is 14.6. The van der Waals surface area contributed by atoms with Gasteiger partial charge >= 0.3 is 0 Å². The van der Waals surface area contributed by atoms with Crippen LogP contribution in [0.4, 0.5) is 5.13 Å². The van der Waals surface area contributed by atoms with E-state index in [1.807, 2.05) is 18.2 Å². The third kappa shape index (κ3) is 6.20. The third-order valence-electron chi connectivity index (χ3n) is 4.95. The summed E-state index contributed by atoms with van der Waals surface area (Å²) < 4.78 is 15.3. The van der Waals surface area contributed by atoms with E-state index < -0.39 is 0 Å². The Labute approximate surface area is 187 Å². The Morgan fingerprint density at radius 1 is 1.23 bits per heavy atom. The first-order chi connectivity index (χ1) is 15.2. The smallest absolute Gasteiger partial charge is 0.205 e. The maximum atomic E-state index is 8.95. The molecule has 1 aliphatic rings. The number of anilines is 1. The molecule has 0 bridgehead atoms. The van der Waals surface area contributed by atoms with Crippen molar-refractivity contribution in [3.05, 3.63) is 29.6 Å². The van der Waals surface area contributed by atoms with Crippen molar-refractivity contribution in [3.63, 3.8) is 0 Å². The highest BCUT2D eigenvalue weighted by Crippen LogP contribution is 2.28. The van der Waals surface area contributed by atoms with Gasteiger partial charge in [-0.25, -0.2) is 9.98 Å². The Morgan fingerprint density at radius 3 is 2.68 bits per heavy atom. The number of aliphatic imine (C=N–C) groups is 1. The summed E-state index contributed by atoms with van der Waals surface area (Å²) in [5.74, 6) is 3.09. The van der Waals surface area contributed by atoms with E-state index in [2.05, 4.69) is 38.3 Å². The van der Waals surface area contributed by atoms with Gasteiger partial charge < -0.3 is 29.7 Å². The summed E-state index contributed by atoms with van der Waals surface area (Å²) in [6.07, 6.45) is 0.868. The minimum atomic E-state index is -0.0344. The summed E-state index contributed by atoms with van der Waals surface area (Å²) in [5.41, 5.74) is 1.03. The van der Waals surface area contributed by atoms with Crippen LogP contribution in [0.5, 0.6) is 11.5 Å². The van der Waals surface area contributed by atoms with E-state index in [-0.39, 0.29) is 13.2 Å². The Hall–Kier alpha value is -2.59. The topological polar surface area (TPSA) is 95.3 Å². The fourth-order valence-electron chi connectivity index (χ4n) is 3.30. The summed E-state index contributed by atoms with van der Waals surface area (Å²) in [7, 11) is 1.61. The zero-order chi connectivity index (χ0) is 22.1. The van der Waals surface area contributed by atoms with Gasteiger partial charge in [-0.3, -0.25) is 0 Å². The molecule has 0 aliphatic carbocycles. The zero-order valence-electron chi connectivity index (χ0n) is 18.5. The SMILES string of the molecule is CCNC(=NCc1ccc(OCCO)c(OC)c1)N1CCN(c2nc(CC)ns2)CC1. The van der Waals surface area contributed by atoms with Gasteiger partial charge in [0.05, 0.1) is 20.3 Å². The summed E-state index contributed by atoms with van der Waals surface area (Å²) in [6, 6.07) is 5.76. The summed E-state index contributed by atoms with van der Waals surface area (Å²) >= 11 is 1.48. The molecule has 2 N–H and O–H groups in total. The van der Waals surface area contributed by atoms with E-state index >= 15 is 0 Å². The van der Waals surface area contributed by atoms with E-state index in [4.69, 9.17) is 19.6 Å². The van der Waals surface area contributed by atoms with E-state index in [1.165, 1.54) is 11.5 Å². The lowest BCUT2D eigenvalue weighted by molar-refractivity contribution is 0.196. The number of aromatic nitrogens is 2. The first-order valence-corrected chi connectivity index (χ1v) is 11.5. The van der Waals surface area contributed by atoms with Crippen molar-refractivity contribution in [1.29, 1.82) is 0 Å². The number of hydrogen-bond acceptors (Lipinski definition) is 8. The second-order valence-electron chi connectivity index (χ2n) is 7.05. The predicted molar refractivity (Wildman–Crippen MR) is 123 cm³/mol. The second kappa shape index (κ2) is 11.7. The van der Waals surface area contributed by atoms with E-state index in [9.17, 15) is 0 Å². The minimum Gasteiger partial charge on any atom is -0.493 e. The molecule has 1 aromatic carbocycles. The molecule has 2 aromatic rings. The van der Waals surface area contributed by atoms with Crippen LogP contribution in [0, 0.1) is 0 Å². The van der Waals surface area contributed by atoms with Crippen molar-refractivity contribution in [1.82, 2.24) is 19.6 Å². The lowest BCUT2D eigenvalue weighted by Gasteiger charge is -2.36. The molecule has 1 aromatic heterocycles. The van der Waals surface area contributed by atoms with Gasteiger partial charge in [-0.15, -0.1) is 0 Å². The van der Waals surface area contributed by atoms with E-state index in [0.29, 0.717) is 18.0 Å². The van der Waals surface area contributed by atoms with Crippen LogP contribution in [0.25, 0.3) is 0 Å². The molecule has 1 fully saturated rings. The molecule has 0 unspecified atom stereocenters. The number of rotatable bonds is 9. The molecular weight excluding hydrogens is 416 g/mol. The highest BCUT2D eigenvalue weighted by molar-refractivity contribution is 7.09. The van der Waals surface area contributed by atoms with Gasteiger partial charge in [-0.2, -0.15) is 4.37 Å². The highest BCUT2D eigenvalue weighted by Gasteiger charge is 2.22. The van der Waals surface area contributed by atoms with Crippen LogP contribution in [0.15, 0.2) is 23.2 Å². The number of nitrogens with zero attached hydrogens (tertiary/aromatic N) is 5. The molecule has 1 aliphatic heterocycles. The highest BCUT2D eigenvalue weighted by atomic mass is 32.1. The Balaban J connectivity index is 1.62. The number of benzene rings is 1. The fraction of sp³-hybridized carbons (Fsp3) is 0.571. The number of aryl methyl sites for hydroxylation is 1. The molecule has 31 heavy (non-hydrogen) atoms. The number of piperazine rings is 1.